The smallest absolute Gasteiger partial charge is 0.267 e. The van der Waals surface area contributed by atoms with Gasteiger partial charge < -0.3 is 0 Å². The fraction of sp³-hybridized carbons (Fsp3) is 0.400. The van der Waals surface area contributed by atoms with Gasteiger partial charge in [0.1, 0.15) is 5.78 Å². The Morgan fingerprint density at radius 1 is 1.12 bits per heavy atom. The lowest BCUT2D eigenvalue weighted by molar-refractivity contribution is -0.132. The molecule has 138 valence electrons. The van der Waals surface area contributed by atoms with Crippen molar-refractivity contribution in [2.24, 2.45) is 5.41 Å². The van der Waals surface area contributed by atoms with E-state index < -0.39 is 27.4 Å². The molecule has 1 aliphatic carbocycles. The summed E-state index contributed by atoms with van der Waals surface area (Å²) in [5, 5.41) is 0. The first-order valence-electron chi connectivity index (χ1n) is 8.60. The Morgan fingerprint density at radius 2 is 1.73 bits per heavy atom. The Balaban J connectivity index is 2.18. The lowest BCUT2D eigenvalue weighted by Crippen LogP contribution is -2.58. The van der Waals surface area contributed by atoms with E-state index in [1.54, 1.807) is 18.2 Å². The minimum absolute atomic E-state index is 0.0631. The molecule has 0 saturated carbocycles. The number of nitrogens with zero attached hydrogens (tertiary/aromatic N) is 1. The van der Waals surface area contributed by atoms with Gasteiger partial charge in [0.05, 0.1) is 16.4 Å². The van der Waals surface area contributed by atoms with Crippen LogP contribution in [0.25, 0.3) is 0 Å². The fourth-order valence-corrected chi connectivity index (χ4v) is 5.45. The molecular formula is C20H23NO4S. The maximum Gasteiger partial charge on any atom is 0.267 e. The van der Waals surface area contributed by atoms with Gasteiger partial charge in [0, 0.05) is 6.08 Å². The topological polar surface area (TPSA) is 71.5 Å². The van der Waals surface area contributed by atoms with Gasteiger partial charge in [-0.2, -0.15) is 0 Å². The Morgan fingerprint density at radius 3 is 2.31 bits per heavy atom. The molecule has 0 spiro atoms. The van der Waals surface area contributed by atoms with Gasteiger partial charge in [-0.05, 0) is 52.7 Å². The van der Waals surface area contributed by atoms with Crippen molar-refractivity contribution in [2.75, 3.05) is 0 Å². The van der Waals surface area contributed by atoms with Gasteiger partial charge in [0.2, 0.25) is 0 Å². The van der Waals surface area contributed by atoms with E-state index in [9.17, 15) is 18.0 Å². The lowest BCUT2D eigenvalue weighted by atomic mass is 9.65. The van der Waals surface area contributed by atoms with E-state index in [-0.39, 0.29) is 10.7 Å². The van der Waals surface area contributed by atoms with Gasteiger partial charge >= 0.3 is 0 Å². The van der Waals surface area contributed by atoms with Crippen molar-refractivity contribution in [3.05, 3.63) is 53.1 Å². The Labute approximate surface area is 154 Å². The van der Waals surface area contributed by atoms with Crippen LogP contribution in [0.1, 0.15) is 39.2 Å². The molecule has 1 aromatic carbocycles. The standard InChI is InChI=1S/C20H23NO4S/c1-13-5-7-17(8-6-13)26(24,25)21-18-11-14(2)15(3)12-20(18,16(4)22)10-9-19(21)23/h5-10,18H,11-12H2,1-4H3/t18-,20+/m0/s1. The maximum atomic E-state index is 13.3. The summed E-state index contributed by atoms with van der Waals surface area (Å²) in [6.45, 7) is 7.22. The summed E-state index contributed by atoms with van der Waals surface area (Å²) in [5.74, 6) is -0.720. The monoisotopic (exact) mass is 373 g/mol. The van der Waals surface area contributed by atoms with Crippen molar-refractivity contribution in [1.82, 2.24) is 4.31 Å². The number of rotatable bonds is 3. The number of ketones is 1. The van der Waals surface area contributed by atoms with Gasteiger partial charge in [-0.15, -0.1) is 0 Å². The van der Waals surface area contributed by atoms with E-state index in [1.165, 1.54) is 25.1 Å². The second-order valence-electron chi connectivity index (χ2n) is 7.34. The first-order chi connectivity index (χ1) is 12.1. The van der Waals surface area contributed by atoms with E-state index in [0.29, 0.717) is 12.8 Å². The largest absolute Gasteiger partial charge is 0.299 e. The van der Waals surface area contributed by atoms with Crippen molar-refractivity contribution in [3.8, 4) is 0 Å². The predicted molar refractivity (Wildman–Crippen MR) is 98.9 cm³/mol. The first kappa shape index (κ1) is 18.6. The zero-order chi connectivity index (χ0) is 19.3. The summed E-state index contributed by atoms with van der Waals surface area (Å²) < 4.78 is 27.4. The highest BCUT2D eigenvalue weighted by molar-refractivity contribution is 7.89. The molecular weight excluding hydrogens is 350 g/mol. The summed E-state index contributed by atoms with van der Waals surface area (Å²) in [6.07, 6.45) is 3.64. The van der Waals surface area contributed by atoms with E-state index in [0.717, 1.165) is 21.0 Å². The molecule has 0 radical (unpaired) electrons. The lowest BCUT2D eigenvalue weighted by Gasteiger charge is -2.47. The highest BCUT2D eigenvalue weighted by Crippen LogP contribution is 2.47. The molecule has 1 heterocycles. The number of sulfonamides is 1. The molecule has 3 rings (SSSR count). The van der Waals surface area contributed by atoms with E-state index >= 15 is 0 Å². The number of carbonyl (C=O) groups excluding carboxylic acids is 2. The van der Waals surface area contributed by atoms with Gasteiger partial charge in [0.25, 0.3) is 15.9 Å². The number of fused-ring (bicyclic) bond motifs is 1. The van der Waals surface area contributed by atoms with Crippen LogP contribution in [0.4, 0.5) is 0 Å². The fourth-order valence-electron chi connectivity index (χ4n) is 3.85. The average molecular weight is 373 g/mol. The zero-order valence-corrected chi connectivity index (χ0v) is 16.3. The molecule has 1 aromatic rings. The van der Waals surface area contributed by atoms with Gasteiger partial charge in [-0.25, -0.2) is 12.7 Å². The molecule has 2 atom stereocenters. The van der Waals surface area contributed by atoms with Crippen molar-refractivity contribution in [3.63, 3.8) is 0 Å². The number of aryl methyl sites for hydroxylation is 1. The summed E-state index contributed by atoms with van der Waals surface area (Å²) in [7, 11) is -4.05. The van der Waals surface area contributed by atoms with E-state index in [4.69, 9.17) is 0 Å². The molecule has 6 heteroatoms. The summed E-state index contributed by atoms with van der Waals surface area (Å²) in [4.78, 5) is 25.2. The van der Waals surface area contributed by atoms with Gasteiger partial charge in [-0.1, -0.05) is 34.9 Å². The van der Waals surface area contributed by atoms with Crippen LogP contribution in [0, 0.1) is 12.3 Å². The predicted octanol–water partition coefficient (Wildman–Crippen LogP) is 3.16. The molecule has 0 N–H and O–H groups in total. The molecule has 2 aliphatic rings. The van der Waals surface area contributed by atoms with Crippen LogP contribution in [0.2, 0.25) is 0 Å². The third kappa shape index (κ3) is 2.72. The number of Topliss-reactive ketones (excluding diaryl/α,β-unsaturated/α-hetero) is 1. The third-order valence-corrected chi connectivity index (χ3v) is 7.46. The highest BCUT2D eigenvalue weighted by atomic mass is 32.2. The van der Waals surface area contributed by atoms with Crippen LogP contribution in [0.5, 0.6) is 0 Å². The molecule has 0 bridgehead atoms. The van der Waals surface area contributed by atoms with Crippen molar-refractivity contribution < 1.29 is 18.0 Å². The highest BCUT2D eigenvalue weighted by Gasteiger charge is 2.53. The van der Waals surface area contributed by atoms with Gasteiger partial charge in [0.15, 0.2) is 0 Å². The molecule has 1 aliphatic heterocycles. The van der Waals surface area contributed by atoms with Crippen LogP contribution < -0.4 is 0 Å². The van der Waals surface area contributed by atoms with Crippen LogP contribution in [0.15, 0.2) is 52.5 Å². The number of amides is 1. The van der Waals surface area contributed by atoms with E-state index in [1.807, 2.05) is 20.8 Å². The minimum Gasteiger partial charge on any atom is -0.299 e. The van der Waals surface area contributed by atoms with Crippen LogP contribution >= 0.6 is 0 Å². The van der Waals surface area contributed by atoms with Gasteiger partial charge in [-0.3, -0.25) is 9.59 Å². The maximum absolute atomic E-state index is 13.3. The van der Waals surface area contributed by atoms with E-state index in [2.05, 4.69) is 0 Å². The summed E-state index contributed by atoms with van der Waals surface area (Å²) in [5.41, 5.74) is 2.04. The molecule has 5 nitrogen and oxygen atoms in total. The van der Waals surface area contributed by atoms with Crippen LogP contribution in [-0.2, 0) is 19.6 Å². The molecule has 0 saturated heterocycles. The number of allylic oxidation sites excluding steroid dienone is 1. The second kappa shape index (κ2) is 6.20. The second-order valence-corrected chi connectivity index (χ2v) is 9.15. The molecule has 26 heavy (non-hydrogen) atoms. The summed E-state index contributed by atoms with van der Waals surface area (Å²) >= 11 is 0. The molecule has 0 unspecified atom stereocenters. The number of carbonyl (C=O) groups is 2. The zero-order valence-electron chi connectivity index (χ0n) is 15.4. The molecule has 0 fully saturated rings. The Hall–Kier alpha value is -2.21. The minimum atomic E-state index is -4.05. The van der Waals surface area contributed by atoms with Crippen LogP contribution in [-0.4, -0.2) is 30.5 Å². The summed E-state index contributed by atoms with van der Waals surface area (Å²) in [6, 6.07) is 5.68. The number of benzene rings is 1. The van der Waals surface area contributed by atoms with Crippen molar-refractivity contribution >= 4 is 21.7 Å². The first-order valence-corrected chi connectivity index (χ1v) is 10.0. The third-order valence-electron chi connectivity index (χ3n) is 5.64. The number of hydrogen-bond acceptors (Lipinski definition) is 4. The molecule has 1 amide bonds. The normalized spacial score (nSPS) is 26.1. The van der Waals surface area contributed by atoms with Crippen molar-refractivity contribution in [1.29, 1.82) is 0 Å². The molecule has 0 aromatic heterocycles. The Kier molecular flexibility index (Phi) is 4.43. The number of hydrogen-bond donors (Lipinski definition) is 0. The average Bonchev–Trinajstić information content (AvgIpc) is 2.56. The Bertz CT molecular complexity index is 941. The van der Waals surface area contributed by atoms with Crippen LogP contribution in [0.3, 0.4) is 0 Å². The SMILES string of the molecule is CC(=O)[C@]12C=CC(=O)N(S(=O)(=O)c3ccc(C)cc3)[C@H]1CC(C)=C(C)C2. The van der Waals surface area contributed by atoms with Crippen molar-refractivity contribution in [2.45, 2.75) is 51.5 Å². The quantitative estimate of drug-likeness (QED) is 0.763.